The van der Waals surface area contributed by atoms with Crippen LogP contribution < -0.4 is 5.32 Å². The third kappa shape index (κ3) is 3.41. The second-order valence-corrected chi connectivity index (χ2v) is 3.89. The highest BCUT2D eigenvalue weighted by Crippen LogP contribution is 2.05. The van der Waals surface area contributed by atoms with Gasteiger partial charge in [0.2, 0.25) is 5.91 Å². The van der Waals surface area contributed by atoms with E-state index < -0.39 is 12.0 Å². The maximum Gasteiger partial charge on any atom is 0.358 e. The number of hydrogen-bond donors (Lipinski definition) is 1. The molecule has 0 aliphatic rings. The molecule has 7 heteroatoms. The maximum atomic E-state index is 11.6. The van der Waals surface area contributed by atoms with E-state index in [1.165, 1.54) is 18.1 Å². The van der Waals surface area contributed by atoms with Crippen molar-refractivity contribution >= 4 is 17.7 Å². The van der Waals surface area contributed by atoms with Crippen molar-refractivity contribution in [3.05, 3.63) is 17.8 Å². The zero-order valence-electron chi connectivity index (χ0n) is 10.8. The minimum Gasteiger partial charge on any atom is -0.464 e. The molecular formula is C11H16N4O3. The smallest absolute Gasteiger partial charge is 0.358 e. The Balaban J connectivity index is 2.69. The van der Waals surface area contributed by atoms with Gasteiger partial charge in [0.05, 0.1) is 7.11 Å². The van der Waals surface area contributed by atoms with E-state index in [-0.39, 0.29) is 11.6 Å². The molecule has 1 heterocycles. The van der Waals surface area contributed by atoms with Gasteiger partial charge >= 0.3 is 5.97 Å². The lowest BCUT2D eigenvalue weighted by atomic mass is 10.3. The molecular weight excluding hydrogens is 236 g/mol. The van der Waals surface area contributed by atoms with E-state index in [9.17, 15) is 9.59 Å². The number of anilines is 1. The van der Waals surface area contributed by atoms with Crippen LogP contribution in [0.25, 0.3) is 0 Å². The number of amides is 1. The summed E-state index contributed by atoms with van der Waals surface area (Å²) in [5.41, 5.74) is 0.120. The van der Waals surface area contributed by atoms with Crippen LogP contribution in [0.3, 0.4) is 0 Å². The van der Waals surface area contributed by atoms with Crippen molar-refractivity contribution < 1.29 is 14.3 Å². The molecule has 1 amide bonds. The summed E-state index contributed by atoms with van der Waals surface area (Å²) < 4.78 is 4.50. The Labute approximate surface area is 105 Å². The van der Waals surface area contributed by atoms with Crippen LogP contribution in [-0.2, 0) is 9.53 Å². The molecule has 18 heavy (non-hydrogen) atoms. The Morgan fingerprint density at radius 3 is 2.44 bits per heavy atom. The van der Waals surface area contributed by atoms with Crippen LogP contribution in [0, 0.1) is 0 Å². The first-order chi connectivity index (χ1) is 8.45. The van der Waals surface area contributed by atoms with Crippen LogP contribution in [0.4, 0.5) is 5.82 Å². The molecule has 0 radical (unpaired) electrons. The van der Waals surface area contributed by atoms with Gasteiger partial charge in [0, 0.05) is 14.1 Å². The van der Waals surface area contributed by atoms with Gasteiger partial charge in [0.25, 0.3) is 0 Å². The number of nitrogens with zero attached hydrogens (tertiary/aromatic N) is 3. The monoisotopic (exact) mass is 252 g/mol. The van der Waals surface area contributed by atoms with Gasteiger partial charge in [-0.25, -0.2) is 4.79 Å². The summed E-state index contributed by atoms with van der Waals surface area (Å²) in [5, 5.41) is 10.4. The Morgan fingerprint density at radius 2 is 2.00 bits per heavy atom. The predicted molar refractivity (Wildman–Crippen MR) is 65.2 cm³/mol. The van der Waals surface area contributed by atoms with E-state index in [1.807, 2.05) is 0 Å². The minimum atomic E-state index is -0.550. The van der Waals surface area contributed by atoms with E-state index >= 15 is 0 Å². The van der Waals surface area contributed by atoms with Crippen LogP contribution in [-0.4, -0.2) is 54.2 Å². The normalized spacial score (nSPS) is 11.6. The Morgan fingerprint density at radius 1 is 1.33 bits per heavy atom. The average Bonchev–Trinajstić information content (AvgIpc) is 2.37. The highest BCUT2D eigenvalue weighted by atomic mass is 16.5. The van der Waals surface area contributed by atoms with Crippen molar-refractivity contribution in [2.24, 2.45) is 0 Å². The number of carbonyl (C=O) groups is 2. The highest BCUT2D eigenvalue weighted by molar-refractivity contribution is 5.87. The summed E-state index contributed by atoms with van der Waals surface area (Å²) in [6.45, 7) is 1.72. The van der Waals surface area contributed by atoms with Crippen molar-refractivity contribution in [2.45, 2.75) is 13.0 Å². The average molecular weight is 252 g/mol. The van der Waals surface area contributed by atoms with Crippen LogP contribution in [0.1, 0.15) is 17.4 Å². The SMILES string of the molecule is COC(=O)c1ccc(NC(C)C(=O)N(C)C)nn1. The molecule has 7 nitrogen and oxygen atoms in total. The van der Waals surface area contributed by atoms with Gasteiger partial charge in [-0.2, -0.15) is 0 Å². The molecule has 98 valence electrons. The number of methoxy groups -OCH3 is 1. The van der Waals surface area contributed by atoms with Gasteiger partial charge in [-0.3, -0.25) is 4.79 Å². The van der Waals surface area contributed by atoms with E-state index in [0.29, 0.717) is 5.82 Å². The fraction of sp³-hybridized carbons (Fsp3) is 0.455. The number of ether oxygens (including phenoxy) is 1. The summed E-state index contributed by atoms with van der Waals surface area (Å²) in [6.07, 6.45) is 0. The van der Waals surface area contributed by atoms with E-state index in [2.05, 4.69) is 20.3 Å². The number of esters is 1. The van der Waals surface area contributed by atoms with E-state index in [0.717, 1.165) is 0 Å². The Kier molecular flexibility index (Phi) is 4.59. The third-order valence-electron chi connectivity index (χ3n) is 2.23. The van der Waals surface area contributed by atoms with Crippen molar-refractivity contribution in [3.8, 4) is 0 Å². The summed E-state index contributed by atoms with van der Waals surface area (Å²) in [6, 6.07) is 2.63. The molecule has 0 fully saturated rings. The summed E-state index contributed by atoms with van der Waals surface area (Å²) >= 11 is 0. The molecule has 0 saturated carbocycles. The molecule has 0 bridgehead atoms. The molecule has 0 saturated heterocycles. The van der Waals surface area contributed by atoms with Gasteiger partial charge in [-0.15, -0.1) is 10.2 Å². The Bertz CT molecular complexity index is 430. The van der Waals surface area contributed by atoms with E-state index in [1.54, 1.807) is 27.1 Å². The number of rotatable bonds is 4. The first-order valence-corrected chi connectivity index (χ1v) is 5.35. The number of carbonyl (C=O) groups excluding carboxylic acids is 2. The zero-order chi connectivity index (χ0) is 13.7. The molecule has 1 N–H and O–H groups in total. The minimum absolute atomic E-state index is 0.0751. The van der Waals surface area contributed by atoms with Crippen LogP contribution >= 0.6 is 0 Å². The largest absolute Gasteiger partial charge is 0.464 e. The van der Waals surface area contributed by atoms with Crippen molar-refractivity contribution in [1.82, 2.24) is 15.1 Å². The number of nitrogens with one attached hydrogen (secondary N) is 1. The summed E-state index contributed by atoms with van der Waals surface area (Å²) in [5.74, 6) is -0.203. The molecule has 0 aliphatic heterocycles. The maximum absolute atomic E-state index is 11.6. The van der Waals surface area contributed by atoms with Crippen molar-refractivity contribution in [2.75, 3.05) is 26.5 Å². The molecule has 0 spiro atoms. The second kappa shape index (κ2) is 5.95. The summed E-state index contributed by atoms with van der Waals surface area (Å²) in [4.78, 5) is 24.2. The fourth-order valence-electron chi connectivity index (χ4n) is 1.29. The highest BCUT2D eigenvalue weighted by Gasteiger charge is 2.15. The molecule has 1 atom stereocenters. The van der Waals surface area contributed by atoms with Gasteiger partial charge in [-0.1, -0.05) is 0 Å². The number of likely N-dealkylation sites (N-methyl/N-ethyl adjacent to an activating group) is 1. The van der Waals surface area contributed by atoms with E-state index in [4.69, 9.17) is 0 Å². The van der Waals surface area contributed by atoms with Crippen LogP contribution in [0.5, 0.6) is 0 Å². The topological polar surface area (TPSA) is 84.4 Å². The molecule has 1 aromatic rings. The van der Waals surface area contributed by atoms with Gasteiger partial charge in [0.1, 0.15) is 11.9 Å². The quantitative estimate of drug-likeness (QED) is 0.768. The first kappa shape index (κ1) is 13.9. The summed E-state index contributed by atoms with van der Waals surface area (Å²) in [7, 11) is 4.62. The number of aromatic nitrogens is 2. The molecule has 1 aromatic heterocycles. The fourth-order valence-corrected chi connectivity index (χ4v) is 1.29. The first-order valence-electron chi connectivity index (χ1n) is 5.35. The zero-order valence-corrected chi connectivity index (χ0v) is 10.8. The van der Waals surface area contributed by atoms with Crippen LogP contribution in [0.2, 0.25) is 0 Å². The lowest BCUT2D eigenvalue weighted by Gasteiger charge is -2.18. The van der Waals surface area contributed by atoms with Crippen LogP contribution in [0.15, 0.2) is 12.1 Å². The number of hydrogen-bond acceptors (Lipinski definition) is 6. The van der Waals surface area contributed by atoms with Crippen molar-refractivity contribution in [1.29, 1.82) is 0 Å². The predicted octanol–water partition coefficient (Wildman–Crippen LogP) is 0.152. The molecule has 1 unspecified atom stereocenters. The standard InChI is InChI=1S/C11H16N4O3/c1-7(10(16)15(2)3)12-9-6-5-8(13-14-9)11(17)18-4/h5-7H,1-4H3,(H,12,14). The van der Waals surface area contributed by atoms with Gasteiger partial charge in [0.15, 0.2) is 5.69 Å². The lowest BCUT2D eigenvalue weighted by molar-refractivity contribution is -0.129. The molecule has 0 aromatic carbocycles. The molecule has 1 rings (SSSR count). The lowest BCUT2D eigenvalue weighted by Crippen LogP contribution is -2.36. The Hall–Kier alpha value is -2.18. The molecule has 0 aliphatic carbocycles. The van der Waals surface area contributed by atoms with Gasteiger partial charge in [-0.05, 0) is 19.1 Å². The second-order valence-electron chi connectivity index (χ2n) is 3.89. The van der Waals surface area contributed by atoms with Crippen molar-refractivity contribution in [3.63, 3.8) is 0 Å². The third-order valence-corrected chi connectivity index (χ3v) is 2.23. The van der Waals surface area contributed by atoms with Gasteiger partial charge < -0.3 is 15.0 Å².